The summed E-state index contributed by atoms with van der Waals surface area (Å²) in [5.74, 6) is -3.79. The maximum absolute atomic E-state index is 13.7. The Bertz CT molecular complexity index is 1390. The van der Waals surface area contributed by atoms with E-state index >= 15 is 0 Å². The van der Waals surface area contributed by atoms with Gasteiger partial charge in [0.05, 0.1) is 17.0 Å². The lowest BCUT2D eigenvalue weighted by molar-refractivity contribution is 0.0946. The molecule has 192 valence electrons. The van der Waals surface area contributed by atoms with Crippen LogP contribution in [0.25, 0.3) is 16.9 Å². The predicted molar refractivity (Wildman–Crippen MR) is 134 cm³/mol. The lowest BCUT2D eigenvalue weighted by Gasteiger charge is -2.32. The summed E-state index contributed by atoms with van der Waals surface area (Å²) in [6.45, 7) is 5.37. The van der Waals surface area contributed by atoms with Crippen molar-refractivity contribution in [2.24, 2.45) is 5.92 Å². The van der Waals surface area contributed by atoms with E-state index in [4.69, 9.17) is 0 Å². The SMILES string of the molecule is Cc1c(C(=O)NCCC2CCN(Cc3ccccc3)CC2)cnc2cc(-c3cc(F)c(F)c(F)c3)nn12. The Kier molecular flexibility index (Phi) is 7.23. The van der Waals surface area contributed by atoms with Gasteiger partial charge >= 0.3 is 0 Å². The fourth-order valence-corrected chi connectivity index (χ4v) is 4.88. The first-order valence-electron chi connectivity index (χ1n) is 12.4. The second-order valence-electron chi connectivity index (χ2n) is 9.56. The number of hydrogen-bond donors (Lipinski definition) is 1. The first-order valence-corrected chi connectivity index (χ1v) is 12.4. The summed E-state index contributed by atoms with van der Waals surface area (Å²) in [4.78, 5) is 19.6. The maximum atomic E-state index is 13.7. The molecule has 4 aromatic rings. The molecule has 0 bridgehead atoms. The van der Waals surface area contributed by atoms with Crippen LogP contribution in [0.1, 0.15) is 40.9 Å². The van der Waals surface area contributed by atoms with E-state index in [0.717, 1.165) is 51.0 Å². The number of carbonyl (C=O) groups is 1. The second-order valence-corrected chi connectivity index (χ2v) is 9.56. The molecule has 1 saturated heterocycles. The Morgan fingerprint density at radius 3 is 2.46 bits per heavy atom. The highest BCUT2D eigenvalue weighted by atomic mass is 19.2. The van der Waals surface area contributed by atoms with Crippen LogP contribution in [0.5, 0.6) is 0 Å². The van der Waals surface area contributed by atoms with Gasteiger partial charge in [0.1, 0.15) is 0 Å². The number of fused-ring (bicyclic) bond motifs is 1. The first kappa shape index (κ1) is 25.0. The van der Waals surface area contributed by atoms with Crippen LogP contribution < -0.4 is 5.32 Å². The fraction of sp³-hybridized carbons (Fsp3) is 0.321. The summed E-state index contributed by atoms with van der Waals surface area (Å²) >= 11 is 0. The Balaban J connectivity index is 1.17. The molecule has 1 aliphatic rings. The number of likely N-dealkylation sites (tertiary alicyclic amines) is 1. The van der Waals surface area contributed by atoms with Gasteiger partial charge in [-0.05, 0) is 62.9 Å². The van der Waals surface area contributed by atoms with Crippen molar-refractivity contribution in [3.8, 4) is 11.3 Å². The molecule has 9 heteroatoms. The number of aromatic nitrogens is 3. The van der Waals surface area contributed by atoms with Gasteiger partial charge in [0.25, 0.3) is 5.91 Å². The van der Waals surface area contributed by atoms with Crippen LogP contribution in [-0.2, 0) is 6.54 Å². The molecule has 1 amide bonds. The summed E-state index contributed by atoms with van der Waals surface area (Å²) in [7, 11) is 0. The van der Waals surface area contributed by atoms with Crippen molar-refractivity contribution in [1.82, 2.24) is 24.8 Å². The summed E-state index contributed by atoms with van der Waals surface area (Å²) in [6.07, 6.45) is 4.60. The van der Waals surface area contributed by atoms with Gasteiger partial charge in [0.2, 0.25) is 0 Å². The van der Waals surface area contributed by atoms with E-state index in [-0.39, 0.29) is 17.2 Å². The molecule has 0 unspecified atom stereocenters. The number of benzene rings is 2. The molecule has 2 aromatic heterocycles. The van der Waals surface area contributed by atoms with E-state index in [2.05, 4.69) is 44.6 Å². The number of hydrogen-bond acceptors (Lipinski definition) is 4. The van der Waals surface area contributed by atoms with Crippen LogP contribution >= 0.6 is 0 Å². The van der Waals surface area contributed by atoms with E-state index in [1.165, 1.54) is 22.3 Å². The fourth-order valence-electron chi connectivity index (χ4n) is 4.88. The molecule has 0 radical (unpaired) electrons. The molecule has 0 spiro atoms. The number of rotatable bonds is 7. The highest BCUT2D eigenvalue weighted by molar-refractivity contribution is 5.95. The molecule has 0 saturated carbocycles. The van der Waals surface area contributed by atoms with Gasteiger partial charge in [-0.15, -0.1) is 0 Å². The molecule has 0 atom stereocenters. The van der Waals surface area contributed by atoms with Crippen LogP contribution in [0.15, 0.2) is 54.7 Å². The molecule has 0 aliphatic carbocycles. The van der Waals surface area contributed by atoms with Gasteiger partial charge in [-0.25, -0.2) is 22.7 Å². The number of carbonyl (C=O) groups excluding carboxylic acids is 1. The Morgan fingerprint density at radius 1 is 1.05 bits per heavy atom. The molecular formula is C28H28F3N5O. The lowest BCUT2D eigenvalue weighted by atomic mass is 9.93. The molecule has 3 heterocycles. The second kappa shape index (κ2) is 10.7. The molecular weight excluding hydrogens is 479 g/mol. The average molecular weight is 508 g/mol. The molecule has 37 heavy (non-hydrogen) atoms. The van der Waals surface area contributed by atoms with Crippen LogP contribution in [0.2, 0.25) is 0 Å². The van der Waals surface area contributed by atoms with E-state index in [0.29, 0.717) is 29.4 Å². The van der Waals surface area contributed by atoms with Gasteiger partial charge in [-0.1, -0.05) is 30.3 Å². The third-order valence-corrected chi connectivity index (χ3v) is 7.04. The zero-order valence-corrected chi connectivity index (χ0v) is 20.6. The van der Waals surface area contributed by atoms with Crippen molar-refractivity contribution < 1.29 is 18.0 Å². The van der Waals surface area contributed by atoms with Gasteiger partial charge in [-0.3, -0.25) is 9.69 Å². The van der Waals surface area contributed by atoms with Crippen molar-refractivity contribution >= 4 is 11.6 Å². The predicted octanol–water partition coefficient (Wildman–Crippen LogP) is 5.15. The molecule has 6 nitrogen and oxygen atoms in total. The number of nitrogens with zero attached hydrogens (tertiary/aromatic N) is 4. The molecule has 2 aromatic carbocycles. The average Bonchev–Trinajstić information content (AvgIpc) is 3.34. The van der Waals surface area contributed by atoms with E-state index in [1.807, 2.05) is 6.07 Å². The minimum atomic E-state index is -1.53. The van der Waals surface area contributed by atoms with E-state index < -0.39 is 17.5 Å². The Labute approximate surface area is 213 Å². The quantitative estimate of drug-likeness (QED) is 0.351. The van der Waals surface area contributed by atoms with Crippen molar-refractivity contribution in [3.63, 3.8) is 0 Å². The molecule has 1 fully saturated rings. The number of halogens is 3. The minimum Gasteiger partial charge on any atom is -0.352 e. The summed E-state index contributed by atoms with van der Waals surface area (Å²) in [5.41, 5.74) is 2.97. The third-order valence-electron chi connectivity index (χ3n) is 7.04. The zero-order valence-electron chi connectivity index (χ0n) is 20.6. The molecule has 1 aliphatic heterocycles. The van der Waals surface area contributed by atoms with E-state index in [1.54, 1.807) is 6.92 Å². The van der Waals surface area contributed by atoms with Gasteiger partial charge in [0, 0.05) is 30.9 Å². The Hall–Kier alpha value is -3.72. The maximum Gasteiger partial charge on any atom is 0.254 e. The van der Waals surface area contributed by atoms with Gasteiger partial charge in [-0.2, -0.15) is 5.10 Å². The first-order chi connectivity index (χ1) is 17.9. The topological polar surface area (TPSA) is 62.5 Å². The summed E-state index contributed by atoms with van der Waals surface area (Å²) in [6, 6.07) is 13.8. The van der Waals surface area contributed by atoms with Crippen LogP contribution in [0.3, 0.4) is 0 Å². The smallest absolute Gasteiger partial charge is 0.254 e. The van der Waals surface area contributed by atoms with Gasteiger partial charge in [0.15, 0.2) is 23.1 Å². The van der Waals surface area contributed by atoms with Crippen molar-refractivity contribution in [2.45, 2.75) is 32.7 Å². The van der Waals surface area contributed by atoms with Crippen LogP contribution in [-0.4, -0.2) is 45.0 Å². The summed E-state index contributed by atoms with van der Waals surface area (Å²) in [5, 5.41) is 7.33. The van der Waals surface area contributed by atoms with Crippen LogP contribution in [0.4, 0.5) is 13.2 Å². The van der Waals surface area contributed by atoms with Crippen molar-refractivity contribution in [2.75, 3.05) is 19.6 Å². The third kappa shape index (κ3) is 5.51. The Morgan fingerprint density at radius 2 is 1.76 bits per heavy atom. The highest BCUT2D eigenvalue weighted by Crippen LogP contribution is 2.25. The number of aryl methyl sites for hydroxylation is 1. The highest BCUT2D eigenvalue weighted by Gasteiger charge is 2.21. The number of nitrogens with one attached hydrogen (secondary N) is 1. The standard InChI is InChI=1S/C28H28F3N5O/c1-18-22(16-33-26-15-25(34-36(18)26)21-13-23(29)27(31)24(30)14-21)28(37)32-10-7-19-8-11-35(12-9-19)17-20-5-3-2-4-6-20/h2-6,13-16,19H,7-12,17H2,1H3,(H,32,37). The molecule has 5 rings (SSSR count). The number of amides is 1. The molecule has 1 N–H and O–H groups in total. The monoisotopic (exact) mass is 507 g/mol. The zero-order chi connectivity index (χ0) is 25.9. The summed E-state index contributed by atoms with van der Waals surface area (Å²) < 4.78 is 42.1. The van der Waals surface area contributed by atoms with Gasteiger partial charge < -0.3 is 5.32 Å². The number of piperidine rings is 1. The van der Waals surface area contributed by atoms with Crippen LogP contribution in [0, 0.1) is 30.3 Å². The van der Waals surface area contributed by atoms with Crippen molar-refractivity contribution in [3.05, 3.63) is 89.0 Å². The lowest BCUT2D eigenvalue weighted by Crippen LogP contribution is -2.35. The normalized spacial score (nSPS) is 14.8. The largest absolute Gasteiger partial charge is 0.352 e. The minimum absolute atomic E-state index is 0.0853. The van der Waals surface area contributed by atoms with E-state index in [9.17, 15) is 18.0 Å². The van der Waals surface area contributed by atoms with Crippen molar-refractivity contribution in [1.29, 1.82) is 0 Å².